The van der Waals surface area contributed by atoms with Gasteiger partial charge < -0.3 is 4.84 Å². The number of hydrogen-bond acceptors (Lipinski definition) is 3. The lowest BCUT2D eigenvalue weighted by atomic mass is 10.3. The molecule has 0 saturated carbocycles. The van der Waals surface area contributed by atoms with E-state index in [4.69, 9.17) is 4.84 Å². The molecule has 0 radical (unpaired) electrons. The van der Waals surface area contributed by atoms with Crippen LogP contribution in [-0.2, 0) is 4.84 Å². The Morgan fingerprint density at radius 3 is 3.30 bits per heavy atom. The second-order valence-electron chi connectivity index (χ2n) is 2.05. The van der Waals surface area contributed by atoms with Crippen LogP contribution in [0, 0.1) is 0 Å². The Hall–Kier alpha value is -1.45. The van der Waals surface area contributed by atoms with Gasteiger partial charge in [0.2, 0.25) is 0 Å². The Labute approximate surface area is 57.7 Å². The van der Waals surface area contributed by atoms with Crippen LogP contribution in [0.5, 0.6) is 0 Å². The molecule has 1 unspecified atom stereocenters. The molecule has 10 heavy (non-hydrogen) atoms. The summed E-state index contributed by atoms with van der Waals surface area (Å²) >= 11 is 0. The van der Waals surface area contributed by atoms with Gasteiger partial charge in [-0.05, 0) is 12.2 Å². The Bertz CT molecular complexity index is 200. The standard InChI is InChI=1S/C6H6N2O2/c9-6-7-5-3-1-2-4-8(5)10-6/h1-5H,(H,7,9). The molecule has 1 fully saturated rings. The van der Waals surface area contributed by atoms with Crippen molar-refractivity contribution in [1.82, 2.24) is 10.4 Å². The van der Waals surface area contributed by atoms with E-state index in [1.807, 2.05) is 12.2 Å². The molecular formula is C6H6N2O2. The predicted molar refractivity (Wildman–Crippen MR) is 33.5 cm³/mol. The molecule has 0 aromatic heterocycles. The van der Waals surface area contributed by atoms with Gasteiger partial charge in [-0.3, -0.25) is 5.32 Å². The maximum Gasteiger partial charge on any atom is 0.433 e. The lowest BCUT2D eigenvalue weighted by molar-refractivity contribution is -0.0331. The SMILES string of the molecule is O=C1NC2C=CC=CN2O1. The molecule has 0 bridgehead atoms. The van der Waals surface area contributed by atoms with E-state index >= 15 is 0 Å². The first-order valence-corrected chi connectivity index (χ1v) is 2.98. The summed E-state index contributed by atoms with van der Waals surface area (Å²) in [5, 5.41) is 4.04. The summed E-state index contributed by atoms with van der Waals surface area (Å²) < 4.78 is 0. The molecule has 0 aromatic rings. The third-order valence-corrected chi connectivity index (χ3v) is 1.37. The topological polar surface area (TPSA) is 41.6 Å². The van der Waals surface area contributed by atoms with Crippen molar-refractivity contribution in [1.29, 1.82) is 0 Å². The molecule has 2 rings (SSSR count). The van der Waals surface area contributed by atoms with Crippen LogP contribution >= 0.6 is 0 Å². The number of hydrogen-bond donors (Lipinski definition) is 1. The summed E-state index contributed by atoms with van der Waals surface area (Å²) in [5.41, 5.74) is 0. The number of amides is 1. The molecule has 0 aliphatic carbocycles. The van der Waals surface area contributed by atoms with E-state index in [2.05, 4.69) is 5.32 Å². The van der Waals surface area contributed by atoms with E-state index in [0.29, 0.717) is 0 Å². The van der Waals surface area contributed by atoms with Crippen LogP contribution in [-0.4, -0.2) is 17.3 Å². The molecule has 4 nitrogen and oxygen atoms in total. The summed E-state index contributed by atoms with van der Waals surface area (Å²) in [6.07, 6.45) is 6.68. The molecule has 1 atom stereocenters. The van der Waals surface area contributed by atoms with Gasteiger partial charge in [-0.25, -0.2) is 4.79 Å². The first-order valence-electron chi connectivity index (χ1n) is 2.98. The fourth-order valence-corrected chi connectivity index (χ4v) is 0.923. The van der Waals surface area contributed by atoms with E-state index in [1.54, 1.807) is 12.3 Å². The van der Waals surface area contributed by atoms with Crippen molar-refractivity contribution in [3.8, 4) is 0 Å². The van der Waals surface area contributed by atoms with E-state index < -0.39 is 6.09 Å². The summed E-state index contributed by atoms with van der Waals surface area (Å²) in [6, 6.07) is 0. The van der Waals surface area contributed by atoms with Gasteiger partial charge in [0.15, 0.2) is 6.17 Å². The van der Waals surface area contributed by atoms with E-state index in [0.717, 1.165) is 0 Å². The molecule has 4 heteroatoms. The highest BCUT2D eigenvalue weighted by atomic mass is 16.7. The van der Waals surface area contributed by atoms with Crippen molar-refractivity contribution in [2.75, 3.05) is 0 Å². The van der Waals surface area contributed by atoms with Gasteiger partial charge in [0.05, 0.1) is 0 Å². The first-order chi connectivity index (χ1) is 4.86. The fraction of sp³-hybridized carbons (Fsp3) is 0.167. The number of hydroxylamine groups is 2. The highest BCUT2D eigenvalue weighted by Crippen LogP contribution is 2.11. The number of nitrogens with zero attached hydrogens (tertiary/aromatic N) is 1. The molecule has 2 aliphatic rings. The minimum atomic E-state index is -0.402. The molecule has 0 aromatic carbocycles. The van der Waals surface area contributed by atoms with Crippen molar-refractivity contribution in [3.05, 3.63) is 24.4 Å². The van der Waals surface area contributed by atoms with Crippen LogP contribution in [0.25, 0.3) is 0 Å². The number of allylic oxidation sites excluding steroid dienone is 2. The average Bonchev–Trinajstić information content (AvgIpc) is 2.27. The van der Waals surface area contributed by atoms with Gasteiger partial charge in [-0.15, -0.1) is 0 Å². The Morgan fingerprint density at radius 1 is 1.60 bits per heavy atom. The molecule has 1 N–H and O–H groups in total. The van der Waals surface area contributed by atoms with Crippen LogP contribution in [0.2, 0.25) is 0 Å². The molecule has 1 saturated heterocycles. The van der Waals surface area contributed by atoms with Gasteiger partial charge in [-0.2, -0.15) is 5.06 Å². The van der Waals surface area contributed by atoms with Gasteiger partial charge in [0.1, 0.15) is 0 Å². The second kappa shape index (κ2) is 1.76. The highest BCUT2D eigenvalue weighted by molar-refractivity contribution is 5.69. The lowest BCUT2D eigenvalue weighted by Crippen LogP contribution is -2.31. The largest absolute Gasteiger partial charge is 0.433 e. The minimum Gasteiger partial charge on any atom is -0.320 e. The quantitative estimate of drug-likeness (QED) is 0.525. The van der Waals surface area contributed by atoms with Gasteiger partial charge >= 0.3 is 6.09 Å². The van der Waals surface area contributed by atoms with E-state index in [1.165, 1.54) is 5.06 Å². The minimum absolute atomic E-state index is 0.113. The van der Waals surface area contributed by atoms with Crippen molar-refractivity contribution >= 4 is 6.09 Å². The lowest BCUT2D eigenvalue weighted by Gasteiger charge is -2.16. The van der Waals surface area contributed by atoms with Crippen molar-refractivity contribution in [2.45, 2.75) is 6.17 Å². The van der Waals surface area contributed by atoms with Crippen LogP contribution in [0.15, 0.2) is 24.4 Å². The monoisotopic (exact) mass is 138 g/mol. The maximum absolute atomic E-state index is 10.6. The molecule has 2 heterocycles. The maximum atomic E-state index is 10.6. The van der Waals surface area contributed by atoms with Crippen LogP contribution in [0.4, 0.5) is 4.79 Å². The van der Waals surface area contributed by atoms with Gasteiger partial charge in [0.25, 0.3) is 0 Å². The van der Waals surface area contributed by atoms with Crippen LogP contribution in [0.3, 0.4) is 0 Å². The van der Waals surface area contributed by atoms with Crippen molar-refractivity contribution in [3.63, 3.8) is 0 Å². The van der Waals surface area contributed by atoms with Crippen molar-refractivity contribution in [2.24, 2.45) is 0 Å². The zero-order chi connectivity index (χ0) is 6.97. The van der Waals surface area contributed by atoms with E-state index in [-0.39, 0.29) is 6.17 Å². The van der Waals surface area contributed by atoms with Crippen LogP contribution in [0.1, 0.15) is 0 Å². The normalized spacial score (nSPS) is 27.8. The molecule has 1 amide bonds. The molecule has 52 valence electrons. The summed E-state index contributed by atoms with van der Waals surface area (Å²) in [4.78, 5) is 15.3. The summed E-state index contributed by atoms with van der Waals surface area (Å²) in [7, 11) is 0. The van der Waals surface area contributed by atoms with Crippen molar-refractivity contribution < 1.29 is 9.63 Å². The smallest absolute Gasteiger partial charge is 0.320 e. The third kappa shape index (κ3) is 0.655. The fourth-order valence-electron chi connectivity index (χ4n) is 0.923. The first kappa shape index (κ1) is 5.34. The van der Waals surface area contributed by atoms with Gasteiger partial charge in [-0.1, -0.05) is 6.08 Å². The summed E-state index contributed by atoms with van der Waals surface area (Å²) in [5.74, 6) is 0. The van der Waals surface area contributed by atoms with Gasteiger partial charge in [0, 0.05) is 6.20 Å². The average molecular weight is 138 g/mol. The predicted octanol–water partition coefficient (Wildman–Crippen LogP) is 0.353. The zero-order valence-electron chi connectivity index (χ0n) is 5.15. The Kier molecular flexibility index (Phi) is 0.943. The second-order valence-corrected chi connectivity index (χ2v) is 2.05. The third-order valence-electron chi connectivity index (χ3n) is 1.37. The zero-order valence-corrected chi connectivity index (χ0v) is 5.15. The number of carbonyl (C=O) groups excluding carboxylic acids is 1. The molecule has 2 aliphatic heterocycles. The number of fused-ring (bicyclic) bond motifs is 1. The molecule has 0 spiro atoms. The Balaban J connectivity index is 2.22. The van der Waals surface area contributed by atoms with E-state index in [9.17, 15) is 4.79 Å². The molecular weight excluding hydrogens is 132 g/mol. The van der Waals surface area contributed by atoms with Crippen LogP contribution < -0.4 is 5.32 Å². The highest BCUT2D eigenvalue weighted by Gasteiger charge is 2.27. The number of nitrogens with one attached hydrogen (secondary N) is 1. The summed E-state index contributed by atoms with van der Waals surface area (Å²) in [6.45, 7) is 0. The Morgan fingerprint density at radius 2 is 2.50 bits per heavy atom. The number of rotatable bonds is 0. The number of carbonyl (C=O) groups is 1.